The van der Waals surface area contributed by atoms with Crippen LogP contribution < -0.4 is 0 Å². The number of hydrogen-bond donors (Lipinski definition) is 0. The van der Waals surface area contributed by atoms with Gasteiger partial charge in [-0.25, -0.2) is 0 Å². The molecule has 1 saturated heterocycles. The highest BCUT2D eigenvalue weighted by molar-refractivity contribution is 4.84. The summed E-state index contributed by atoms with van der Waals surface area (Å²) >= 11 is 0. The number of hydrogen-bond acceptors (Lipinski definition) is 2. The summed E-state index contributed by atoms with van der Waals surface area (Å²) in [5, 5.41) is 0. The van der Waals surface area contributed by atoms with E-state index >= 15 is 0 Å². The van der Waals surface area contributed by atoms with Crippen LogP contribution in [0.2, 0.25) is 0 Å². The van der Waals surface area contributed by atoms with Crippen molar-refractivity contribution in [2.45, 2.75) is 38.9 Å². The van der Waals surface area contributed by atoms with Crippen molar-refractivity contribution in [2.24, 2.45) is 0 Å². The molecule has 0 amide bonds. The van der Waals surface area contributed by atoms with E-state index in [1.807, 2.05) is 0 Å². The van der Waals surface area contributed by atoms with E-state index in [9.17, 15) is 0 Å². The molecule has 0 N–H and O–H groups in total. The van der Waals surface area contributed by atoms with E-state index in [0.29, 0.717) is 12.2 Å². The summed E-state index contributed by atoms with van der Waals surface area (Å²) in [4.78, 5) is 2.44. The predicted molar refractivity (Wildman–Crippen MR) is 54.5 cm³/mol. The summed E-state index contributed by atoms with van der Waals surface area (Å²) in [7, 11) is 0. The first-order chi connectivity index (χ1) is 6.22. The minimum Gasteiger partial charge on any atom is -0.373 e. The molecule has 0 aliphatic carbocycles. The van der Waals surface area contributed by atoms with Gasteiger partial charge in [0.1, 0.15) is 0 Å². The molecule has 0 saturated carbocycles. The van der Waals surface area contributed by atoms with Crippen molar-refractivity contribution in [3.05, 3.63) is 0 Å². The van der Waals surface area contributed by atoms with E-state index in [-0.39, 0.29) is 0 Å². The van der Waals surface area contributed by atoms with Gasteiger partial charge < -0.3 is 4.74 Å². The smallest absolute Gasteiger partial charge is 0.0678 e. The van der Waals surface area contributed by atoms with Gasteiger partial charge >= 0.3 is 0 Å². The standard InChI is InChI=1S/C11H19NO/c1-4-5-6-7-12-8-10(2)13-11(3)9-12/h1,10-11H,5-9H2,2-3H3/t10-,11+. The Kier molecular flexibility index (Phi) is 4.27. The van der Waals surface area contributed by atoms with Crippen molar-refractivity contribution >= 4 is 0 Å². The van der Waals surface area contributed by atoms with E-state index in [2.05, 4.69) is 24.7 Å². The Morgan fingerprint density at radius 3 is 2.54 bits per heavy atom. The number of ether oxygens (including phenoxy) is 1. The number of unbranched alkanes of at least 4 members (excludes halogenated alkanes) is 1. The van der Waals surface area contributed by atoms with Crippen LogP contribution in [0.3, 0.4) is 0 Å². The monoisotopic (exact) mass is 181 g/mol. The van der Waals surface area contributed by atoms with Crippen molar-refractivity contribution in [1.82, 2.24) is 4.90 Å². The molecule has 1 rings (SSSR count). The van der Waals surface area contributed by atoms with Crippen molar-refractivity contribution in [2.75, 3.05) is 19.6 Å². The quantitative estimate of drug-likeness (QED) is 0.483. The third kappa shape index (κ3) is 3.80. The van der Waals surface area contributed by atoms with Gasteiger partial charge in [-0.1, -0.05) is 0 Å². The van der Waals surface area contributed by atoms with Crippen LogP contribution in [0.1, 0.15) is 26.7 Å². The van der Waals surface area contributed by atoms with Crippen LogP contribution in [0.15, 0.2) is 0 Å². The molecular weight excluding hydrogens is 162 g/mol. The zero-order valence-corrected chi connectivity index (χ0v) is 8.62. The first-order valence-corrected chi connectivity index (χ1v) is 5.03. The lowest BCUT2D eigenvalue weighted by Gasteiger charge is -2.35. The third-order valence-electron chi connectivity index (χ3n) is 2.29. The molecular formula is C11H19NO. The van der Waals surface area contributed by atoms with Crippen molar-refractivity contribution in [3.8, 4) is 12.3 Å². The molecule has 74 valence electrons. The Morgan fingerprint density at radius 1 is 1.38 bits per heavy atom. The van der Waals surface area contributed by atoms with E-state index in [0.717, 1.165) is 32.5 Å². The fourth-order valence-electron chi connectivity index (χ4n) is 1.87. The summed E-state index contributed by atoms with van der Waals surface area (Å²) in [6.45, 7) is 7.47. The Balaban J connectivity index is 2.22. The number of terminal acetylenes is 1. The van der Waals surface area contributed by atoms with Gasteiger partial charge in [-0.15, -0.1) is 12.3 Å². The van der Waals surface area contributed by atoms with Crippen LogP contribution in [0.5, 0.6) is 0 Å². The van der Waals surface area contributed by atoms with Gasteiger partial charge in [-0.3, -0.25) is 4.90 Å². The van der Waals surface area contributed by atoms with Crippen LogP contribution in [0.4, 0.5) is 0 Å². The van der Waals surface area contributed by atoms with Crippen molar-refractivity contribution in [3.63, 3.8) is 0 Å². The zero-order valence-electron chi connectivity index (χ0n) is 8.62. The summed E-state index contributed by atoms with van der Waals surface area (Å²) in [6.07, 6.45) is 7.94. The summed E-state index contributed by atoms with van der Waals surface area (Å²) in [6, 6.07) is 0. The van der Waals surface area contributed by atoms with Crippen molar-refractivity contribution in [1.29, 1.82) is 0 Å². The molecule has 2 atom stereocenters. The average Bonchev–Trinajstić information content (AvgIpc) is 2.03. The number of morpholine rings is 1. The number of nitrogens with zero attached hydrogens (tertiary/aromatic N) is 1. The lowest BCUT2D eigenvalue weighted by atomic mass is 10.2. The lowest BCUT2D eigenvalue weighted by molar-refractivity contribution is -0.0679. The average molecular weight is 181 g/mol. The van der Waals surface area contributed by atoms with E-state index in [1.54, 1.807) is 0 Å². The highest BCUT2D eigenvalue weighted by Gasteiger charge is 2.21. The zero-order chi connectivity index (χ0) is 9.68. The second kappa shape index (κ2) is 5.26. The normalized spacial score (nSPS) is 29.9. The van der Waals surface area contributed by atoms with Crippen LogP contribution in [0, 0.1) is 12.3 Å². The van der Waals surface area contributed by atoms with Crippen LogP contribution >= 0.6 is 0 Å². The Hall–Kier alpha value is -0.520. The maximum atomic E-state index is 5.64. The summed E-state index contributed by atoms with van der Waals surface area (Å²) in [5.74, 6) is 2.67. The van der Waals surface area contributed by atoms with Crippen LogP contribution in [0.25, 0.3) is 0 Å². The van der Waals surface area contributed by atoms with Gasteiger partial charge in [-0.05, 0) is 26.8 Å². The molecule has 1 heterocycles. The highest BCUT2D eigenvalue weighted by atomic mass is 16.5. The molecule has 13 heavy (non-hydrogen) atoms. The van der Waals surface area contributed by atoms with Crippen molar-refractivity contribution < 1.29 is 4.74 Å². The van der Waals surface area contributed by atoms with Gasteiger partial charge in [0.05, 0.1) is 12.2 Å². The molecule has 2 heteroatoms. The van der Waals surface area contributed by atoms with E-state index in [4.69, 9.17) is 11.2 Å². The molecule has 1 fully saturated rings. The largest absolute Gasteiger partial charge is 0.373 e. The van der Waals surface area contributed by atoms with E-state index < -0.39 is 0 Å². The van der Waals surface area contributed by atoms with Gasteiger partial charge in [0, 0.05) is 19.5 Å². The van der Waals surface area contributed by atoms with Crippen LogP contribution in [-0.2, 0) is 4.74 Å². The fraction of sp³-hybridized carbons (Fsp3) is 0.818. The molecule has 0 aromatic rings. The molecule has 0 aromatic carbocycles. The highest BCUT2D eigenvalue weighted by Crippen LogP contribution is 2.10. The maximum absolute atomic E-state index is 5.64. The van der Waals surface area contributed by atoms with Gasteiger partial charge in [0.2, 0.25) is 0 Å². The third-order valence-corrected chi connectivity index (χ3v) is 2.29. The molecule has 2 nitrogen and oxygen atoms in total. The second-order valence-corrected chi connectivity index (χ2v) is 3.82. The second-order valence-electron chi connectivity index (χ2n) is 3.82. The molecule has 0 bridgehead atoms. The molecule has 0 spiro atoms. The first kappa shape index (κ1) is 10.6. The minimum atomic E-state index is 0.370. The fourth-order valence-corrected chi connectivity index (χ4v) is 1.87. The van der Waals surface area contributed by atoms with Gasteiger partial charge in [0.15, 0.2) is 0 Å². The minimum absolute atomic E-state index is 0.370. The Bertz CT molecular complexity index is 175. The topological polar surface area (TPSA) is 12.5 Å². The molecule has 0 unspecified atom stereocenters. The SMILES string of the molecule is C#CCCCN1C[C@@H](C)O[C@@H](C)C1. The summed E-state index contributed by atoms with van der Waals surface area (Å²) in [5.41, 5.74) is 0. The number of rotatable bonds is 3. The Morgan fingerprint density at radius 2 is 2.00 bits per heavy atom. The molecule has 1 aliphatic heterocycles. The van der Waals surface area contributed by atoms with Gasteiger partial charge in [0.25, 0.3) is 0 Å². The molecule has 0 aromatic heterocycles. The van der Waals surface area contributed by atoms with Gasteiger partial charge in [-0.2, -0.15) is 0 Å². The Labute approximate surface area is 81.3 Å². The summed E-state index contributed by atoms with van der Waals surface area (Å²) < 4.78 is 5.64. The lowest BCUT2D eigenvalue weighted by Crippen LogP contribution is -2.45. The van der Waals surface area contributed by atoms with E-state index in [1.165, 1.54) is 0 Å². The molecule has 1 aliphatic rings. The predicted octanol–water partition coefficient (Wildman–Crippen LogP) is 1.51. The first-order valence-electron chi connectivity index (χ1n) is 5.03. The van der Waals surface area contributed by atoms with Crippen LogP contribution in [-0.4, -0.2) is 36.7 Å². The molecule has 0 radical (unpaired) electrons. The maximum Gasteiger partial charge on any atom is 0.0678 e.